The van der Waals surface area contributed by atoms with E-state index >= 15 is 0 Å². The molecule has 1 atom stereocenters. The Labute approximate surface area is 114 Å². The van der Waals surface area contributed by atoms with Crippen molar-refractivity contribution in [3.8, 4) is 0 Å². The lowest BCUT2D eigenvalue weighted by Crippen LogP contribution is -2.22. The lowest BCUT2D eigenvalue weighted by atomic mass is 10.2. The molecule has 0 bridgehead atoms. The molecule has 2 aromatic rings. The zero-order valence-electron chi connectivity index (χ0n) is 10.5. The highest BCUT2D eigenvalue weighted by molar-refractivity contribution is 7.20. The van der Waals surface area contributed by atoms with E-state index in [-0.39, 0.29) is 19.1 Å². The zero-order chi connectivity index (χ0) is 13.8. The Balaban J connectivity index is 2.18. The van der Waals surface area contributed by atoms with Crippen molar-refractivity contribution < 1.29 is 15.0 Å². The van der Waals surface area contributed by atoms with E-state index in [2.05, 4.69) is 10.6 Å². The first kappa shape index (κ1) is 13.8. The predicted octanol–water partition coefficient (Wildman–Crippen LogP) is 1.03. The van der Waals surface area contributed by atoms with Gasteiger partial charge in [-0.05, 0) is 29.7 Å². The van der Waals surface area contributed by atoms with E-state index in [0.717, 1.165) is 15.8 Å². The van der Waals surface area contributed by atoms with Gasteiger partial charge in [0.15, 0.2) is 0 Å². The number of hydrogen-bond donors (Lipinski definition) is 4. The smallest absolute Gasteiger partial charge is 0.261 e. The van der Waals surface area contributed by atoms with Crippen LogP contribution in [0, 0.1) is 0 Å². The number of rotatable bonds is 5. The predicted molar refractivity (Wildman–Crippen MR) is 76.8 cm³/mol. The van der Waals surface area contributed by atoms with Gasteiger partial charge in [-0.3, -0.25) is 4.79 Å². The van der Waals surface area contributed by atoms with Crippen LogP contribution in [0.3, 0.4) is 0 Å². The quantitative estimate of drug-likeness (QED) is 0.659. The number of carbonyl (C=O) groups excluding carboxylic acids is 1. The molecule has 102 valence electrons. The van der Waals surface area contributed by atoms with Crippen LogP contribution in [-0.4, -0.2) is 42.4 Å². The molecule has 0 saturated heterocycles. The van der Waals surface area contributed by atoms with E-state index in [4.69, 9.17) is 5.11 Å². The lowest BCUT2D eigenvalue weighted by Gasteiger charge is -2.09. The third kappa shape index (κ3) is 3.23. The number of amides is 1. The monoisotopic (exact) mass is 280 g/mol. The average Bonchev–Trinajstić information content (AvgIpc) is 2.86. The van der Waals surface area contributed by atoms with Gasteiger partial charge in [-0.1, -0.05) is 0 Å². The molecule has 0 radical (unpaired) electrons. The summed E-state index contributed by atoms with van der Waals surface area (Å²) >= 11 is 1.44. The molecule has 1 heterocycles. The summed E-state index contributed by atoms with van der Waals surface area (Å²) in [5.41, 5.74) is 0.848. The molecule has 0 fully saturated rings. The van der Waals surface area contributed by atoms with E-state index < -0.39 is 6.10 Å². The standard InChI is InChI=1S/C13H16N2O3S/c1-14-13(18)12-5-8-4-9(2-3-11(8)19-12)15-6-10(17)7-16/h2-5,10,15-17H,6-7H2,1H3,(H,14,18). The fraction of sp³-hybridized carbons (Fsp3) is 0.308. The van der Waals surface area contributed by atoms with Gasteiger partial charge in [0.2, 0.25) is 0 Å². The van der Waals surface area contributed by atoms with Gasteiger partial charge in [0.1, 0.15) is 0 Å². The molecule has 4 N–H and O–H groups in total. The number of thiophene rings is 1. The maximum atomic E-state index is 11.5. The van der Waals surface area contributed by atoms with Gasteiger partial charge in [-0.15, -0.1) is 11.3 Å². The maximum Gasteiger partial charge on any atom is 0.261 e. The van der Waals surface area contributed by atoms with Gasteiger partial charge < -0.3 is 20.8 Å². The van der Waals surface area contributed by atoms with E-state index in [1.54, 1.807) is 7.05 Å². The van der Waals surface area contributed by atoms with Crippen LogP contribution in [0.2, 0.25) is 0 Å². The van der Waals surface area contributed by atoms with Crippen molar-refractivity contribution in [2.45, 2.75) is 6.10 Å². The van der Waals surface area contributed by atoms with E-state index in [1.807, 2.05) is 24.3 Å². The first-order chi connectivity index (χ1) is 9.13. The number of carbonyl (C=O) groups is 1. The second kappa shape index (κ2) is 6.01. The van der Waals surface area contributed by atoms with E-state index in [9.17, 15) is 9.90 Å². The molecule has 0 aliphatic heterocycles. The fourth-order valence-electron chi connectivity index (χ4n) is 1.69. The summed E-state index contributed by atoms with van der Waals surface area (Å²) in [5.74, 6) is -0.0913. The summed E-state index contributed by atoms with van der Waals surface area (Å²) in [5, 5.41) is 24.6. The summed E-state index contributed by atoms with van der Waals surface area (Å²) in [6, 6.07) is 7.57. The third-order valence-corrected chi connectivity index (χ3v) is 3.83. The molecule has 0 spiro atoms. The van der Waals surface area contributed by atoms with Crippen molar-refractivity contribution in [1.29, 1.82) is 0 Å². The largest absolute Gasteiger partial charge is 0.394 e. The number of hydrogen-bond acceptors (Lipinski definition) is 5. The Morgan fingerprint density at radius 3 is 2.89 bits per heavy atom. The minimum atomic E-state index is -0.778. The van der Waals surface area contributed by atoms with Gasteiger partial charge in [-0.2, -0.15) is 0 Å². The number of aliphatic hydroxyl groups is 2. The van der Waals surface area contributed by atoms with Crippen LogP contribution >= 0.6 is 11.3 Å². The number of fused-ring (bicyclic) bond motifs is 1. The van der Waals surface area contributed by atoms with E-state index in [1.165, 1.54) is 11.3 Å². The topological polar surface area (TPSA) is 81.6 Å². The SMILES string of the molecule is CNC(=O)c1cc2cc(NCC(O)CO)ccc2s1. The van der Waals surface area contributed by atoms with Gasteiger partial charge in [-0.25, -0.2) is 0 Å². The molecule has 0 aliphatic rings. The molecule has 0 aliphatic carbocycles. The number of aliphatic hydroxyl groups excluding tert-OH is 2. The fourth-order valence-corrected chi connectivity index (χ4v) is 2.68. The molecule has 5 nitrogen and oxygen atoms in total. The summed E-state index contributed by atoms with van der Waals surface area (Å²) in [7, 11) is 1.61. The van der Waals surface area contributed by atoms with Crippen LogP contribution in [0.5, 0.6) is 0 Å². The Bertz CT molecular complexity index is 582. The van der Waals surface area contributed by atoms with Crippen LogP contribution in [-0.2, 0) is 0 Å². The van der Waals surface area contributed by atoms with Gasteiger partial charge in [0, 0.05) is 24.0 Å². The molecule has 0 saturated carbocycles. The van der Waals surface area contributed by atoms with Crippen molar-refractivity contribution in [3.63, 3.8) is 0 Å². The summed E-state index contributed by atoms with van der Waals surface area (Å²) in [6.07, 6.45) is -0.778. The highest BCUT2D eigenvalue weighted by atomic mass is 32.1. The average molecular weight is 280 g/mol. The first-order valence-corrected chi connectivity index (χ1v) is 6.74. The number of benzene rings is 1. The van der Waals surface area contributed by atoms with Crippen molar-refractivity contribution in [2.75, 3.05) is 25.5 Å². The van der Waals surface area contributed by atoms with Crippen LogP contribution in [0.25, 0.3) is 10.1 Å². The second-order valence-electron chi connectivity index (χ2n) is 4.16. The van der Waals surface area contributed by atoms with E-state index in [0.29, 0.717) is 4.88 Å². The minimum Gasteiger partial charge on any atom is -0.394 e. The van der Waals surface area contributed by atoms with Crippen LogP contribution < -0.4 is 10.6 Å². The normalized spacial score (nSPS) is 12.4. The van der Waals surface area contributed by atoms with Crippen molar-refractivity contribution in [3.05, 3.63) is 29.1 Å². The molecule has 1 unspecified atom stereocenters. The van der Waals surface area contributed by atoms with Gasteiger partial charge in [0.05, 0.1) is 17.6 Å². The third-order valence-electron chi connectivity index (χ3n) is 2.72. The van der Waals surface area contributed by atoms with Crippen LogP contribution in [0.1, 0.15) is 9.67 Å². The molecule has 2 rings (SSSR count). The van der Waals surface area contributed by atoms with Gasteiger partial charge in [0.25, 0.3) is 5.91 Å². The second-order valence-corrected chi connectivity index (χ2v) is 5.24. The summed E-state index contributed by atoms with van der Waals surface area (Å²) < 4.78 is 1.03. The maximum absolute atomic E-state index is 11.5. The zero-order valence-corrected chi connectivity index (χ0v) is 11.3. The number of nitrogens with one attached hydrogen (secondary N) is 2. The molecule has 1 aromatic carbocycles. The minimum absolute atomic E-state index is 0.0913. The molecule has 1 amide bonds. The molecule has 6 heteroatoms. The Hall–Kier alpha value is -1.63. The van der Waals surface area contributed by atoms with Crippen molar-refractivity contribution in [2.24, 2.45) is 0 Å². The van der Waals surface area contributed by atoms with Gasteiger partial charge >= 0.3 is 0 Å². The van der Waals surface area contributed by atoms with Crippen molar-refractivity contribution >= 4 is 33.0 Å². The Kier molecular flexibility index (Phi) is 4.36. The van der Waals surface area contributed by atoms with Crippen molar-refractivity contribution in [1.82, 2.24) is 5.32 Å². The Morgan fingerprint density at radius 2 is 2.21 bits per heavy atom. The summed E-state index contributed by atoms with van der Waals surface area (Å²) in [6.45, 7) is 0.0168. The number of anilines is 1. The Morgan fingerprint density at radius 1 is 1.42 bits per heavy atom. The summed E-state index contributed by atoms with van der Waals surface area (Å²) in [4.78, 5) is 12.2. The molecule has 19 heavy (non-hydrogen) atoms. The van der Waals surface area contributed by atoms with Crippen LogP contribution in [0.15, 0.2) is 24.3 Å². The molecule has 1 aromatic heterocycles. The molecular weight excluding hydrogens is 264 g/mol. The highest BCUT2D eigenvalue weighted by Gasteiger charge is 2.09. The molecular formula is C13H16N2O3S. The van der Waals surface area contributed by atoms with Crippen LogP contribution in [0.4, 0.5) is 5.69 Å². The lowest BCUT2D eigenvalue weighted by molar-refractivity contribution is 0.0967. The highest BCUT2D eigenvalue weighted by Crippen LogP contribution is 2.28. The first-order valence-electron chi connectivity index (χ1n) is 5.92.